The number of carbonyl (C=O) groups is 1. The molecule has 0 bridgehead atoms. The smallest absolute Gasteiger partial charge is 0.239 e. The molecule has 1 aliphatic carbocycles. The minimum atomic E-state index is 0.0469. The van der Waals surface area contributed by atoms with Crippen LogP contribution in [0.15, 0.2) is 17.5 Å². The number of nitrogens with zero attached hydrogens (tertiary/aromatic N) is 1. The Labute approximate surface area is 125 Å². The minimum Gasteiger partial charge on any atom is -0.340 e. The van der Waals surface area contributed by atoms with E-state index >= 15 is 0 Å². The number of piperidine rings is 1. The van der Waals surface area contributed by atoms with Crippen molar-refractivity contribution in [1.82, 2.24) is 10.2 Å². The van der Waals surface area contributed by atoms with Crippen LogP contribution in [0.3, 0.4) is 0 Å². The monoisotopic (exact) mass is 292 g/mol. The second-order valence-corrected chi connectivity index (χ2v) is 7.70. The predicted molar refractivity (Wildman–Crippen MR) is 83.1 cm³/mol. The molecule has 1 unspecified atom stereocenters. The molecule has 1 aromatic heterocycles. The van der Waals surface area contributed by atoms with Gasteiger partial charge < -0.3 is 10.2 Å². The Balaban J connectivity index is 1.65. The Kier molecular flexibility index (Phi) is 3.87. The Morgan fingerprint density at radius 3 is 2.85 bits per heavy atom. The molecule has 4 heteroatoms. The van der Waals surface area contributed by atoms with Gasteiger partial charge in [0.2, 0.25) is 5.91 Å². The van der Waals surface area contributed by atoms with E-state index in [9.17, 15) is 4.79 Å². The van der Waals surface area contributed by atoms with Crippen LogP contribution in [-0.4, -0.2) is 36.0 Å². The van der Waals surface area contributed by atoms with Crippen LogP contribution in [0.4, 0.5) is 0 Å². The molecule has 2 heterocycles. The molecule has 1 atom stereocenters. The summed E-state index contributed by atoms with van der Waals surface area (Å²) >= 11 is 1.79. The zero-order valence-corrected chi connectivity index (χ0v) is 13.2. The highest BCUT2D eigenvalue weighted by atomic mass is 32.1. The van der Waals surface area contributed by atoms with E-state index in [-0.39, 0.29) is 11.5 Å². The van der Waals surface area contributed by atoms with Gasteiger partial charge in [-0.05, 0) is 37.1 Å². The Hall–Kier alpha value is -0.870. The van der Waals surface area contributed by atoms with Crippen molar-refractivity contribution >= 4 is 17.2 Å². The molecule has 20 heavy (non-hydrogen) atoms. The van der Waals surface area contributed by atoms with Gasteiger partial charge in [0.15, 0.2) is 0 Å². The number of hydrogen-bond acceptors (Lipinski definition) is 3. The average molecular weight is 292 g/mol. The molecule has 0 radical (unpaired) electrons. The van der Waals surface area contributed by atoms with E-state index in [2.05, 4.69) is 41.6 Å². The molecule has 0 aromatic carbocycles. The summed E-state index contributed by atoms with van der Waals surface area (Å²) < 4.78 is 0. The number of amides is 1. The van der Waals surface area contributed by atoms with Crippen molar-refractivity contribution in [2.75, 3.05) is 13.1 Å². The number of thiophene rings is 1. The van der Waals surface area contributed by atoms with Gasteiger partial charge in [0, 0.05) is 29.4 Å². The number of hydrogen-bond donors (Lipinski definition) is 1. The third-order valence-corrected chi connectivity index (χ3v) is 5.56. The van der Waals surface area contributed by atoms with Crippen LogP contribution >= 0.6 is 11.3 Å². The lowest BCUT2D eigenvalue weighted by Gasteiger charge is -2.37. The van der Waals surface area contributed by atoms with Gasteiger partial charge in [-0.3, -0.25) is 4.79 Å². The highest BCUT2D eigenvalue weighted by Crippen LogP contribution is 2.30. The van der Waals surface area contributed by atoms with Crippen molar-refractivity contribution < 1.29 is 4.79 Å². The van der Waals surface area contributed by atoms with Gasteiger partial charge in [0.1, 0.15) is 0 Å². The summed E-state index contributed by atoms with van der Waals surface area (Å²) in [5, 5.41) is 5.62. The maximum atomic E-state index is 12.6. The molecule has 0 spiro atoms. The zero-order valence-electron chi connectivity index (χ0n) is 12.4. The number of nitrogens with one attached hydrogen (secondary N) is 1. The molecule has 2 aliphatic rings. The van der Waals surface area contributed by atoms with Crippen molar-refractivity contribution in [2.45, 2.75) is 57.0 Å². The first kappa shape index (κ1) is 14.1. The van der Waals surface area contributed by atoms with Crippen molar-refractivity contribution in [1.29, 1.82) is 0 Å². The van der Waals surface area contributed by atoms with E-state index in [4.69, 9.17) is 0 Å². The first-order valence-corrected chi connectivity index (χ1v) is 8.53. The molecule has 1 aromatic rings. The van der Waals surface area contributed by atoms with E-state index in [1.165, 1.54) is 17.7 Å². The Morgan fingerprint density at radius 2 is 2.20 bits per heavy atom. The van der Waals surface area contributed by atoms with Crippen LogP contribution in [0.5, 0.6) is 0 Å². The van der Waals surface area contributed by atoms with Crippen LogP contribution < -0.4 is 5.32 Å². The highest BCUT2D eigenvalue weighted by Gasteiger charge is 2.36. The molecule has 1 saturated carbocycles. The highest BCUT2D eigenvalue weighted by molar-refractivity contribution is 7.10. The lowest BCUT2D eigenvalue weighted by molar-refractivity contribution is -0.136. The van der Waals surface area contributed by atoms with Crippen molar-refractivity contribution in [3.63, 3.8) is 0 Å². The molecule has 2 fully saturated rings. The molecule has 3 rings (SSSR count). The summed E-state index contributed by atoms with van der Waals surface area (Å²) in [6.07, 6.45) is 4.61. The summed E-state index contributed by atoms with van der Waals surface area (Å²) in [4.78, 5) is 16.0. The molecule has 110 valence electrons. The molecule has 1 aliphatic heterocycles. The van der Waals surface area contributed by atoms with Gasteiger partial charge in [0.25, 0.3) is 0 Å². The predicted octanol–water partition coefficient (Wildman–Crippen LogP) is 2.77. The molecular weight excluding hydrogens is 268 g/mol. The summed E-state index contributed by atoms with van der Waals surface area (Å²) in [5.41, 5.74) is 0.0469. The number of likely N-dealkylation sites (tertiary alicyclic amines) is 1. The molecule has 1 N–H and O–H groups in total. The average Bonchev–Trinajstić information content (AvgIpc) is 3.04. The van der Waals surface area contributed by atoms with Crippen molar-refractivity contribution in [3.8, 4) is 0 Å². The number of carbonyl (C=O) groups excluding carboxylic acids is 1. The Bertz CT molecular complexity index is 465. The molecular formula is C16H24N2OS. The normalized spacial score (nSPS) is 24.2. The van der Waals surface area contributed by atoms with E-state index in [0.29, 0.717) is 11.9 Å². The van der Waals surface area contributed by atoms with Crippen LogP contribution in [0, 0.1) is 0 Å². The fraction of sp³-hybridized carbons (Fsp3) is 0.688. The van der Waals surface area contributed by atoms with Gasteiger partial charge in [0.05, 0.1) is 6.04 Å². The van der Waals surface area contributed by atoms with E-state index in [1.807, 2.05) is 0 Å². The van der Waals surface area contributed by atoms with E-state index in [1.54, 1.807) is 11.3 Å². The summed E-state index contributed by atoms with van der Waals surface area (Å²) in [6.45, 7) is 6.22. The minimum absolute atomic E-state index is 0.0469. The topological polar surface area (TPSA) is 32.3 Å². The van der Waals surface area contributed by atoms with Crippen LogP contribution in [-0.2, 0) is 10.2 Å². The summed E-state index contributed by atoms with van der Waals surface area (Å²) in [6, 6.07) is 4.94. The van der Waals surface area contributed by atoms with E-state index < -0.39 is 0 Å². The van der Waals surface area contributed by atoms with Crippen LogP contribution in [0.1, 0.15) is 44.4 Å². The molecule has 3 nitrogen and oxygen atoms in total. The summed E-state index contributed by atoms with van der Waals surface area (Å²) in [7, 11) is 0. The van der Waals surface area contributed by atoms with Crippen LogP contribution in [0.25, 0.3) is 0 Å². The fourth-order valence-electron chi connectivity index (χ4n) is 3.01. The zero-order chi connectivity index (χ0) is 14.2. The van der Waals surface area contributed by atoms with Gasteiger partial charge >= 0.3 is 0 Å². The van der Waals surface area contributed by atoms with E-state index in [0.717, 1.165) is 25.9 Å². The molecule has 1 saturated heterocycles. The van der Waals surface area contributed by atoms with Gasteiger partial charge in [-0.25, -0.2) is 0 Å². The lowest BCUT2D eigenvalue weighted by atomic mass is 9.89. The van der Waals surface area contributed by atoms with Gasteiger partial charge in [-0.2, -0.15) is 0 Å². The maximum Gasteiger partial charge on any atom is 0.239 e. The first-order chi connectivity index (χ1) is 9.56. The third-order valence-electron chi connectivity index (χ3n) is 4.32. The fourth-order valence-corrected chi connectivity index (χ4v) is 3.85. The van der Waals surface area contributed by atoms with Crippen LogP contribution in [0.2, 0.25) is 0 Å². The number of rotatable bonds is 5. The third kappa shape index (κ3) is 3.07. The first-order valence-electron chi connectivity index (χ1n) is 7.65. The second-order valence-electron chi connectivity index (χ2n) is 6.76. The van der Waals surface area contributed by atoms with Gasteiger partial charge in [-0.15, -0.1) is 11.3 Å². The van der Waals surface area contributed by atoms with Crippen molar-refractivity contribution in [2.24, 2.45) is 0 Å². The van der Waals surface area contributed by atoms with Gasteiger partial charge in [-0.1, -0.05) is 19.9 Å². The largest absolute Gasteiger partial charge is 0.340 e. The SMILES string of the molecule is CC(C)(CN1CCCC(NC2CC2)C1=O)c1cccs1. The molecule has 1 amide bonds. The maximum absolute atomic E-state index is 12.6. The standard InChI is InChI=1S/C16H24N2OS/c1-16(2,14-6-4-10-20-14)11-18-9-3-5-13(15(18)19)17-12-7-8-12/h4,6,10,12-13,17H,3,5,7-9,11H2,1-2H3. The Morgan fingerprint density at radius 1 is 1.40 bits per heavy atom. The van der Waals surface area contributed by atoms with Crippen molar-refractivity contribution in [3.05, 3.63) is 22.4 Å². The summed E-state index contributed by atoms with van der Waals surface area (Å²) in [5.74, 6) is 0.313. The second kappa shape index (κ2) is 5.49. The lowest BCUT2D eigenvalue weighted by Crippen LogP contribution is -2.53. The quantitative estimate of drug-likeness (QED) is 0.905.